The van der Waals surface area contributed by atoms with Crippen LogP contribution in [0, 0.1) is 0 Å². The van der Waals surface area contributed by atoms with E-state index in [1.807, 2.05) is 0 Å². The van der Waals surface area contributed by atoms with Crippen LogP contribution in [-0.4, -0.2) is 14.3 Å². The van der Waals surface area contributed by atoms with Crippen molar-refractivity contribution in [1.29, 1.82) is 0 Å². The van der Waals surface area contributed by atoms with E-state index in [1.165, 1.54) is 51.4 Å². The third-order valence-corrected chi connectivity index (χ3v) is 4.82. The summed E-state index contributed by atoms with van der Waals surface area (Å²) in [6.07, 6.45) is 12.3. The molecule has 0 atom stereocenters. The van der Waals surface area contributed by atoms with E-state index in [2.05, 4.69) is 19.6 Å². The summed E-state index contributed by atoms with van der Waals surface area (Å²) >= 11 is 4.20. The normalized spacial score (nSPS) is 17.2. The molecule has 0 aromatic rings. The van der Waals surface area contributed by atoms with Gasteiger partial charge in [0.15, 0.2) is 0 Å². The van der Waals surface area contributed by atoms with Gasteiger partial charge in [-0.05, 0) is 6.42 Å². The maximum absolute atomic E-state index is 10.7. The molecular weight excluding hydrogens is 252 g/mol. The minimum atomic E-state index is -2.19. The first-order valence-corrected chi connectivity index (χ1v) is 8.48. The summed E-state index contributed by atoms with van der Waals surface area (Å²) in [5.41, 5.74) is 0. The number of rotatable bonds is 10. The van der Waals surface area contributed by atoms with Gasteiger partial charge in [0, 0.05) is 6.42 Å². The van der Waals surface area contributed by atoms with Gasteiger partial charge >= 0.3 is 9.17 Å². The van der Waals surface area contributed by atoms with E-state index >= 15 is 0 Å². The molecule has 1 saturated heterocycles. The molecule has 1 aliphatic rings. The van der Waals surface area contributed by atoms with Gasteiger partial charge in [0.05, 0.1) is 0 Å². The van der Waals surface area contributed by atoms with Gasteiger partial charge in [-0.15, -0.1) is 0 Å². The third-order valence-electron chi connectivity index (χ3n) is 3.08. The summed E-state index contributed by atoms with van der Waals surface area (Å²) in [5.74, 6) is 0. The van der Waals surface area contributed by atoms with Crippen molar-refractivity contribution in [1.82, 2.24) is 0 Å². The first-order chi connectivity index (χ1) is 8.16. The maximum Gasteiger partial charge on any atom is 0.774 e. The summed E-state index contributed by atoms with van der Waals surface area (Å²) in [5, 5.41) is -0.836. The summed E-state index contributed by atoms with van der Waals surface area (Å²) in [7, 11) is -2.19. The molecule has 0 aliphatic carbocycles. The largest absolute Gasteiger partial charge is 0.774 e. The van der Waals surface area contributed by atoms with Crippen LogP contribution in [0.1, 0.15) is 71.1 Å². The standard InChI is InChI=1S/C12H24O3SSi/c1-2-3-4-5-6-7-8-9-10-11-12(16)14-17(13)15-12/h16H,2-11H2,1H3. The van der Waals surface area contributed by atoms with E-state index in [4.69, 9.17) is 8.85 Å². The van der Waals surface area contributed by atoms with Crippen LogP contribution in [0.25, 0.3) is 0 Å². The molecule has 0 unspecified atom stereocenters. The van der Waals surface area contributed by atoms with Gasteiger partial charge in [-0.1, -0.05) is 70.9 Å². The maximum atomic E-state index is 10.7. The van der Waals surface area contributed by atoms with Crippen molar-refractivity contribution < 1.29 is 13.3 Å². The smallest absolute Gasteiger partial charge is 0.450 e. The van der Waals surface area contributed by atoms with Gasteiger partial charge in [-0.3, -0.25) is 4.46 Å². The monoisotopic (exact) mass is 276 g/mol. The van der Waals surface area contributed by atoms with E-state index < -0.39 is 14.3 Å². The van der Waals surface area contributed by atoms with Gasteiger partial charge in [0.25, 0.3) is 5.12 Å². The fourth-order valence-electron chi connectivity index (χ4n) is 2.03. The SMILES string of the molecule is CCCCCCCCCCCC1(S)O[Si](=O)O1. The van der Waals surface area contributed by atoms with Crippen molar-refractivity contribution in [3.63, 3.8) is 0 Å². The molecule has 17 heavy (non-hydrogen) atoms. The zero-order chi connectivity index (χ0) is 12.6. The number of hydrogen-bond acceptors (Lipinski definition) is 4. The highest BCUT2D eigenvalue weighted by molar-refractivity contribution is 7.81. The molecule has 0 saturated carbocycles. The molecule has 0 aromatic carbocycles. The fourth-order valence-corrected chi connectivity index (χ4v) is 3.37. The Morgan fingerprint density at radius 1 is 0.941 bits per heavy atom. The molecule has 1 heterocycles. The second kappa shape index (κ2) is 8.14. The Morgan fingerprint density at radius 2 is 1.41 bits per heavy atom. The molecule has 1 fully saturated rings. The quantitative estimate of drug-likeness (QED) is 0.373. The first-order valence-electron chi connectivity index (χ1n) is 6.80. The van der Waals surface area contributed by atoms with Crippen LogP contribution in [0.15, 0.2) is 0 Å². The molecule has 100 valence electrons. The van der Waals surface area contributed by atoms with E-state index in [-0.39, 0.29) is 0 Å². The molecule has 0 aromatic heterocycles. The lowest BCUT2D eigenvalue weighted by molar-refractivity contribution is -0.156. The van der Waals surface area contributed by atoms with Crippen molar-refractivity contribution in [2.75, 3.05) is 0 Å². The van der Waals surface area contributed by atoms with Crippen molar-refractivity contribution in [2.45, 2.75) is 76.3 Å². The number of thiol groups is 1. The molecule has 1 rings (SSSR count). The summed E-state index contributed by atoms with van der Waals surface area (Å²) in [6.45, 7) is 2.24. The molecule has 0 amide bonds. The number of hydrogen-bond donors (Lipinski definition) is 1. The van der Waals surface area contributed by atoms with Crippen molar-refractivity contribution in [3.8, 4) is 0 Å². The molecule has 0 radical (unpaired) electrons. The second-order valence-corrected chi connectivity index (χ2v) is 6.33. The third kappa shape index (κ3) is 6.45. The topological polar surface area (TPSA) is 35.5 Å². The van der Waals surface area contributed by atoms with Gasteiger partial charge in [0.2, 0.25) is 0 Å². The summed E-state index contributed by atoms with van der Waals surface area (Å²) in [6, 6.07) is 0. The fraction of sp³-hybridized carbons (Fsp3) is 1.00. The lowest BCUT2D eigenvalue weighted by Crippen LogP contribution is -2.47. The molecule has 5 heteroatoms. The zero-order valence-electron chi connectivity index (χ0n) is 10.7. The zero-order valence-corrected chi connectivity index (χ0v) is 12.6. The molecule has 3 nitrogen and oxygen atoms in total. The van der Waals surface area contributed by atoms with E-state index in [1.54, 1.807) is 0 Å². The molecule has 0 spiro atoms. The minimum absolute atomic E-state index is 0.738. The van der Waals surface area contributed by atoms with E-state index in [9.17, 15) is 4.46 Å². The lowest BCUT2D eigenvalue weighted by atomic mass is 10.1. The Hall–Kier alpha value is -0.0331. The van der Waals surface area contributed by atoms with Crippen LogP contribution in [0.2, 0.25) is 0 Å². The Labute approximate surface area is 112 Å². The van der Waals surface area contributed by atoms with Crippen molar-refractivity contribution in [2.24, 2.45) is 0 Å². The van der Waals surface area contributed by atoms with Crippen LogP contribution >= 0.6 is 12.6 Å². The van der Waals surface area contributed by atoms with E-state index in [0.29, 0.717) is 0 Å². The van der Waals surface area contributed by atoms with Gasteiger partial charge in [-0.2, -0.15) is 0 Å². The number of unbranched alkanes of at least 4 members (excludes halogenated alkanes) is 8. The first kappa shape index (κ1) is 15.0. The molecular formula is C12H24O3SSi. The predicted molar refractivity (Wildman–Crippen MR) is 72.2 cm³/mol. The lowest BCUT2D eigenvalue weighted by Gasteiger charge is -2.36. The Balaban J connectivity index is 1.80. The van der Waals surface area contributed by atoms with Crippen LogP contribution in [0.3, 0.4) is 0 Å². The van der Waals surface area contributed by atoms with Gasteiger partial charge < -0.3 is 8.85 Å². The second-order valence-electron chi connectivity index (χ2n) is 4.75. The Kier molecular flexibility index (Phi) is 7.19. The van der Waals surface area contributed by atoms with Crippen LogP contribution < -0.4 is 0 Å². The van der Waals surface area contributed by atoms with Crippen molar-refractivity contribution in [3.05, 3.63) is 0 Å². The van der Waals surface area contributed by atoms with Crippen LogP contribution in [0.4, 0.5) is 0 Å². The molecule has 0 bridgehead atoms. The average Bonchev–Trinajstić information content (AvgIpc) is 2.25. The predicted octanol–water partition coefficient (Wildman–Crippen LogP) is 3.95. The molecule has 0 N–H and O–H groups in total. The van der Waals surface area contributed by atoms with Gasteiger partial charge in [0.1, 0.15) is 0 Å². The van der Waals surface area contributed by atoms with Crippen LogP contribution in [-0.2, 0) is 13.3 Å². The van der Waals surface area contributed by atoms with Crippen molar-refractivity contribution >= 4 is 21.8 Å². The van der Waals surface area contributed by atoms with Gasteiger partial charge in [-0.25, -0.2) is 0 Å². The highest BCUT2D eigenvalue weighted by Gasteiger charge is 2.46. The summed E-state index contributed by atoms with van der Waals surface area (Å²) in [4.78, 5) is 0. The molecule has 1 aliphatic heterocycles. The minimum Gasteiger partial charge on any atom is -0.450 e. The van der Waals surface area contributed by atoms with E-state index in [0.717, 1.165) is 12.8 Å². The van der Waals surface area contributed by atoms with Crippen LogP contribution in [0.5, 0.6) is 0 Å². The Bertz CT molecular complexity index is 228. The highest BCUT2D eigenvalue weighted by atomic mass is 32.1. The Morgan fingerprint density at radius 3 is 1.88 bits per heavy atom. The summed E-state index contributed by atoms with van der Waals surface area (Å²) < 4.78 is 20.6. The highest BCUT2D eigenvalue weighted by Crippen LogP contribution is 2.32. The average molecular weight is 276 g/mol.